The minimum Gasteiger partial charge on any atom is -0.479 e. The molecule has 0 unspecified atom stereocenters. The number of nitrogens with one attached hydrogen (secondary N) is 1. The van der Waals surface area contributed by atoms with Crippen LogP contribution < -0.4 is 5.32 Å². The molecule has 0 aromatic heterocycles. The molecule has 0 aliphatic heterocycles. The van der Waals surface area contributed by atoms with E-state index in [4.69, 9.17) is 16.7 Å². The molecule has 2 N–H and O–H groups in total. The van der Waals surface area contributed by atoms with Crippen molar-refractivity contribution in [3.05, 3.63) is 34.9 Å². The number of hydrogen-bond donors (Lipinski definition) is 2. The zero-order valence-electron chi connectivity index (χ0n) is 9.78. The second kappa shape index (κ2) is 6.47. The highest BCUT2D eigenvalue weighted by molar-refractivity contribution is 6.31. The number of aliphatic carboxylic acids is 1. The van der Waals surface area contributed by atoms with Gasteiger partial charge in [0.2, 0.25) is 0 Å². The summed E-state index contributed by atoms with van der Waals surface area (Å²) < 4.78 is 39.4. The van der Waals surface area contributed by atoms with Crippen molar-refractivity contribution in [2.45, 2.75) is 12.2 Å². The number of alkyl carbamates (subject to hydrolysis) is 1. The van der Waals surface area contributed by atoms with Crippen molar-refractivity contribution in [1.82, 2.24) is 5.32 Å². The fraction of sp³-hybridized carbons (Fsp3) is 0.273. The first-order valence-corrected chi connectivity index (χ1v) is 5.56. The lowest BCUT2D eigenvalue weighted by molar-refractivity contribution is -0.160. The molecule has 9 heteroatoms. The Morgan fingerprint density at radius 3 is 2.45 bits per heavy atom. The van der Waals surface area contributed by atoms with Gasteiger partial charge in [0.1, 0.15) is 0 Å². The number of carboxylic acids is 1. The van der Waals surface area contributed by atoms with Gasteiger partial charge in [-0.15, -0.1) is 0 Å². The van der Waals surface area contributed by atoms with Crippen molar-refractivity contribution in [1.29, 1.82) is 0 Å². The maximum absolute atomic E-state index is 11.9. The van der Waals surface area contributed by atoms with Crippen molar-refractivity contribution in [3.8, 4) is 0 Å². The predicted octanol–water partition coefficient (Wildman–Crippen LogP) is 2.75. The Morgan fingerprint density at radius 1 is 1.35 bits per heavy atom. The number of ether oxygens (including phenoxy) is 1. The molecular formula is C11H9ClF3NO4. The van der Waals surface area contributed by atoms with Crippen LogP contribution in [0.5, 0.6) is 0 Å². The monoisotopic (exact) mass is 311 g/mol. The van der Waals surface area contributed by atoms with Crippen molar-refractivity contribution in [3.63, 3.8) is 0 Å². The molecule has 5 nitrogen and oxygen atoms in total. The molecule has 0 heterocycles. The van der Waals surface area contributed by atoms with Gasteiger partial charge in [0.05, 0.1) is 0 Å². The van der Waals surface area contributed by atoms with Gasteiger partial charge < -0.3 is 15.2 Å². The lowest BCUT2D eigenvalue weighted by Gasteiger charge is -2.16. The first-order valence-electron chi connectivity index (χ1n) is 5.18. The molecule has 0 spiro atoms. The molecule has 1 amide bonds. The number of hydrogen-bond acceptors (Lipinski definition) is 3. The summed E-state index contributed by atoms with van der Waals surface area (Å²) in [6.07, 6.45) is -6.20. The molecule has 0 radical (unpaired) electrons. The van der Waals surface area contributed by atoms with Crippen molar-refractivity contribution in [2.24, 2.45) is 0 Å². The van der Waals surface area contributed by atoms with Crippen LogP contribution in [-0.2, 0) is 9.53 Å². The molecule has 20 heavy (non-hydrogen) atoms. The lowest BCUT2D eigenvalue weighted by Crippen LogP contribution is -2.36. The van der Waals surface area contributed by atoms with Gasteiger partial charge in [0, 0.05) is 10.6 Å². The summed E-state index contributed by atoms with van der Waals surface area (Å²) in [6, 6.07) is 4.11. The number of benzene rings is 1. The number of carboxylic acid groups (broad SMARTS) is 1. The number of amides is 1. The largest absolute Gasteiger partial charge is 0.479 e. The van der Waals surface area contributed by atoms with E-state index >= 15 is 0 Å². The molecule has 0 saturated heterocycles. The standard InChI is InChI=1S/C11H9ClF3NO4/c12-7-4-2-1-3-6(7)8(9(17)18)16-10(19)20-5-11(13,14)15/h1-4,8H,5H2,(H,16,19)(H,17,18)/t8-/m1/s1. The van der Waals surface area contributed by atoms with Crippen molar-refractivity contribution >= 4 is 23.7 Å². The van der Waals surface area contributed by atoms with Crippen molar-refractivity contribution in [2.75, 3.05) is 6.61 Å². The fourth-order valence-electron chi connectivity index (χ4n) is 1.29. The predicted molar refractivity (Wildman–Crippen MR) is 62.4 cm³/mol. The van der Waals surface area contributed by atoms with E-state index in [1.54, 1.807) is 5.32 Å². The van der Waals surface area contributed by atoms with E-state index in [0.717, 1.165) is 0 Å². The molecule has 0 saturated carbocycles. The third-order valence-electron chi connectivity index (χ3n) is 2.09. The first-order chi connectivity index (χ1) is 9.20. The summed E-state index contributed by atoms with van der Waals surface area (Å²) in [5, 5.41) is 10.8. The maximum atomic E-state index is 11.9. The Morgan fingerprint density at radius 2 is 1.95 bits per heavy atom. The second-order valence-corrected chi connectivity index (χ2v) is 4.04. The number of halogens is 4. The van der Waals surface area contributed by atoms with E-state index in [1.165, 1.54) is 24.3 Å². The van der Waals surface area contributed by atoms with Crippen LogP contribution in [0.25, 0.3) is 0 Å². The van der Waals surface area contributed by atoms with E-state index in [2.05, 4.69) is 4.74 Å². The maximum Gasteiger partial charge on any atom is 0.422 e. The molecule has 0 aliphatic carbocycles. The van der Waals surface area contributed by atoms with E-state index in [1.807, 2.05) is 0 Å². The van der Waals surface area contributed by atoms with Crippen LogP contribution in [0.15, 0.2) is 24.3 Å². The van der Waals surface area contributed by atoms with Crippen LogP contribution in [0.2, 0.25) is 5.02 Å². The first kappa shape index (κ1) is 16.1. The summed E-state index contributed by atoms with van der Waals surface area (Å²) >= 11 is 5.76. The molecule has 1 atom stereocenters. The van der Waals surface area contributed by atoms with Crippen LogP contribution in [0.4, 0.5) is 18.0 Å². The van der Waals surface area contributed by atoms with Gasteiger partial charge >= 0.3 is 18.2 Å². The van der Waals surface area contributed by atoms with Crippen LogP contribution in [0.3, 0.4) is 0 Å². The zero-order valence-corrected chi connectivity index (χ0v) is 10.5. The number of carbonyl (C=O) groups is 2. The van der Waals surface area contributed by atoms with Gasteiger partial charge in [-0.05, 0) is 6.07 Å². The Balaban J connectivity index is 2.77. The Labute approximate surface area is 116 Å². The van der Waals surface area contributed by atoms with Gasteiger partial charge in [-0.25, -0.2) is 9.59 Å². The van der Waals surface area contributed by atoms with E-state index < -0.39 is 30.9 Å². The summed E-state index contributed by atoms with van der Waals surface area (Å²) in [5.74, 6) is -1.48. The smallest absolute Gasteiger partial charge is 0.422 e. The molecule has 0 fully saturated rings. The number of alkyl halides is 3. The summed E-state index contributed by atoms with van der Waals surface area (Å²) in [6.45, 7) is -1.81. The molecule has 1 aromatic rings. The Bertz CT molecular complexity index is 507. The Hall–Kier alpha value is -1.96. The summed E-state index contributed by atoms with van der Waals surface area (Å²) in [5.41, 5.74) is 0.0330. The normalized spacial score (nSPS) is 12.6. The minimum atomic E-state index is -4.69. The van der Waals surface area contributed by atoms with E-state index in [0.29, 0.717) is 0 Å². The van der Waals surface area contributed by atoms with Crippen LogP contribution >= 0.6 is 11.6 Å². The topological polar surface area (TPSA) is 75.6 Å². The molecule has 1 rings (SSSR count). The van der Waals surface area contributed by atoms with Gasteiger partial charge in [-0.2, -0.15) is 13.2 Å². The average Bonchev–Trinajstić information content (AvgIpc) is 2.33. The van der Waals surface area contributed by atoms with E-state index in [-0.39, 0.29) is 10.6 Å². The highest BCUT2D eigenvalue weighted by atomic mass is 35.5. The minimum absolute atomic E-state index is 0.0330. The molecule has 110 valence electrons. The highest BCUT2D eigenvalue weighted by Crippen LogP contribution is 2.23. The lowest BCUT2D eigenvalue weighted by atomic mass is 10.1. The van der Waals surface area contributed by atoms with Gasteiger partial charge in [-0.1, -0.05) is 29.8 Å². The van der Waals surface area contributed by atoms with Crippen LogP contribution in [0, 0.1) is 0 Å². The summed E-state index contributed by atoms with van der Waals surface area (Å²) in [4.78, 5) is 22.2. The van der Waals surface area contributed by atoms with Crippen molar-refractivity contribution < 1.29 is 32.6 Å². The van der Waals surface area contributed by atoms with Crippen LogP contribution in [-0.4, -0.2) is 30.0 Å². The SMILES string of the molecule is O=C(N[C@@H](C(=O)O)c1ccccc1Cl)OCC(F)(F)F. The van der Waals surface area contributed by atoms with E-state index in [9.17, 15) is 22.8 Å². The van der Waals surface area contributed by atoms with Gasteiger partial charge in [-0.3, -0.25) is 0 Å². The quantitative estimate of drug-likeness (QED) is 0.896. The van der Waals surface area contributed by atoms with Gasteiger partial charge in [0.25, 0.3) is 0 Å². The Kier molecular flexibility index (Phi) is 5.20. The fourth-order valence-corrected chi connectivity index (χ4v) is 1.53. The number of carbonyl (C=O) groups excluding carboxylic acids is 1. The van der Waals surface area contributed by atoms with Crippen LogP contribution in [0.1, 0.15) is 11.6 Å². The number of rotatable bonds is 4. The molecular weight excluding hydrogens is 303 g/mol. The average molecular weight is 312 g/mol. The molecule has 0 bridgehead atoms. The molecule has 0 aliphatic rings. The van der Waals surface area contributed by atoms with Gasteiger partial charge in [0.15, 0.2) is 12.6 Å². The third-order valence-corrected chi connectivity index (χ3v) is 2.44. The second-order valence-electron chi connectivity index (χ2n) is 3.63. The zero-order chi connectivity index (χ0) is 15.3. The summed E-state index contributed by atoms with van der Waals surface area (Å²) in [7, 11) is 0. The third kappa shape index (κ3) is 4.96. The molecule has 1 aromatic carbocycles. The highest BCUT2D eigenvalue weighted by Gasteiger charge is 2.31.